The molecule has 0 saturated heterocycles. The van der Waals surface area contributed by atoms with Gasteiger partial charge in [-0.15, -0.1) is 0 Å². The zero-order valence-corrected chi connectivity index (χ0v) is 10.5. The number of carbonyl (C=O) groups excluding carboxylic acids is 1. The van der Waals surface area contributed by atoms with Gasteiger partial charge in [0.1, 0.15) is 0 Å². The van der Waals surface area contributed by atoms with E-state index in [2.05, 4.69) is 18.9 Å². The fourth-order valence-corrected chi connectivity index (χ4v) is 1.61. The summed E-state index contributed by atoms with van der Waals surface area (Å²) in [5.41, 5.74) is 0.536. The Morgan fingerprint density at radius 2 is 2.06 bits per heavy atom. The molecule has 94 valence electrons. The lowest BCUT2D eigenvalue weighted by Crippen LogP contribution is -2.08. The van der Waals surface area contributed by atoms with Crippen molar-refractivity contribution in [3.05, 3.63) is 48.3 Å². The van der Waals surface area contributed by atoms with Crippen LogP contribution in [-0.4, -0.2) is 15.7 Å². The molecule has 1 aromatic heterocycles. The van der Waals surface area contributed by atoms with Gasteiger partial charge in [-0.05, 0) is 18.1 Å². The van der Waals surface area contributed by atoms with Gasteiger partial charge in [0.15, 0.2) is 5.75 Å². The largest absolute Gasteiger partial charge is 0.420 e. The van der Waals surface area contributed by atoms with E-state index in [1.807, 2.05) is 6.07 Å². The molecule has 1 aromatic carbocycles. The summed E-state index contributed by atoms with van der Waals surface area (Å²) < 4.78 is 7.02. The third-order valence-electron chi connectivity index (χ3n) is 2.38. The second-order valence-electron chi connectivity index (χ2n) is 4.55. The standard InChI is InChI=1S/C14H16N2O2/c1-11(2)9-16-10-13(8-15-16)18-14(17)12-6-4-3-5-7-12/h3-8,10-11H,9H2,1-2H3. The van der Waals surface area contributed by atoms with E-state index in [1.54, 1.807) is 41.3 Å². The van der Waals surface area contributed by atoms with Crippen molar-refractivity contribution in [1.82, 2.24) is 9.78 Å². The van der Waals surface area contributed by atoms with Crippen LogP contribution < -0.4 is 4.74 Å². The number of rotatable bonds is 4. The molecule has 0 atom stereocenters. The minimum Gasteiger partial charge on any atom is -0.420 e. The third kappa shape index (κ3) is 3.20. The van der Waals surface area contributed by atoms with E-state index >= 15 is 0 Å². The summed E-state index contributed by atoms with van der Waals surface area (Å²) >= 11 is 0. The number of hydrogen-bond donors (Lipinski definition) is 0. The molecule has 0 aliphatic carbocycles. The van der Waals surface area contributed by atoms with Gasteiger partial charge in [-0.3, -0.25) is 4.68 Å². The van der Waals surface area contributed by atoms with E-state index in [0.717, 1.165) is 6.54 Å². The van der Waals surface area contributed by atoms with Crippen molar-refractivity contribution in [3.63, 3.8) is 0 Å². The second-order valence-corrected chi connectivity index (χ2v) is 4.55. The normalized spacial score (nSPS) is 10.6. The van der Waals surface area contributed by atoms with E-state index in [9.17, 15) is 4.79 Å². The number of benzene rings is 1. The second kappa shape index (κ2) is 5.49. The monoisotopic (exact) mass is 244 g/mol. The average Bonchev–Trinajstić information content (AvgIpc) is 2.76. The fraction of sp³-hybridized carbons (Fsp3) is 0.286. The van der Waals surface area contributed by atoms with Crippen LogP contribution in [0.1, 0.15) is 24.2 Å². The molecule has 0 spiro atoms. The Bertz CT molecular complexity index is 518. The molecule has 18 heavy (non-hydrogen) atoms. The summed E-state index contributed by atoms with van der Waals surface area (Å²) in [4.78, 5) is 11.8. The average molecular weight is 244 g/mol. The number of aromatic nitrogens is 2. The SMILES string of the molecule is CC(C)Cn1cc(OC(=O)c2ccccc2)cn1. The van der Waals surface area contributed by atoms with Crippen LogP contribution in [0.25, 0.3) is 0 Å². The molecular weight excluding hydrogens is 228 g/mol. The van der Waals surface area contributed by atoms with Crippen LogP contribution >= 0.6 is 0 Å². The Morgan fingerprint density at radius 3 is 2.72 bits per heavy atom. The first kappa shape index (κ1) is 12.4. The van der Waals surface area contributed by atoms with Crippen molar-refractivity contribution < 1.29 is 9.53 Å². The van der Waals surface area contributed by atoms with E-state index in [0.29, 0.717) is 17.2 Å². The predicted octanol–water partition coefficient (Wildman–Crippen LogP) is 2.76. The molecule has 1 heterocycles. The number of ether oxygens (including phenoxy) is 1. The first-order valence-corrected chi connectivity index (χ1v) is 5.95. The van der Waals surface area contributed by atoms with Gasteiger partial charge in [0.2, 0.25) is 0 Å². The Hall–Kier alpha value is -2.10. The highest BCUT2D eigenvalue weighted by atomic mass is 16.5. The van der Waals surface area contributed by atoms with Gasteiger partial charge in [-0.1, -0.05) is 32.0 Å². The highest BCUT2D eigenvalue weighted by Gasteiger charge is 2.09. The zero-order chi connectivity index (χ0) is 13.0. The summed E-state index contributed by atoms with van der Waals surface area (Å²) in [6.45, 7) is 5.03. The molecule has 0 radical (unpaired) electrons. The van der Waals surface area contributed by atoms with Crippen molar-refractivity contribution in [2.24, 2.45) is 5.92 Å². The van der Waals surface area contributed by atoms with Crippen LogP contribution in [0.4, 0.5) is 0 Å². The van der Waals surface area contributed by atoms with Crippen molar-refractivity contribution in [1.29, 1.82) is 0 Å². The van der Waals surface area contributed by atoms with Gasteiger partial charge in [0.05, 0.1) is 18.0 Å². The summed E-state index contributed by atoms with van der Waals surface area (Å²) in [5.74, 6) is 0.617. The molecule has 0 N–H and O–H groups in total. The van der Waals surface area contributed by atoms with Crippen LogP contribution in [0.15, 0.2) is 42.7 Å². The number of hydrogen-bond acceptors (Lipinski definition) is 3. The minimum atomic E-state index is -0.361. The smallest absolute Gasteiger partial charge is 0.343 e. The molecule has 0 unspecified atom stereocenters. The van der Waals surface area contributed by atoms with Crippen molar-refractivity contribution >= 4 is 5.97 Å². The summed E-state index contributed by atoms with van der Waals surface area (Å²) in [5, 5.41) is 4.14. The molecule has 2 aromatic rings. The molecule has 4 heteroatoms. The molecule has 0 aliphatic rings. The molecule has 0 saturated carbocycles. The molecule has 0 fully saturated rings. The molecule has 0 amide bonds. The van der Waals surface area contributed by atoms with E-state index in [-0.39, 0.29) is 5.97 Å². The fourth-order valence-electron chi connectivity index (χ4n) is 1.61. The maximum Gasteiger partial charge on any atom is 0.343 e. The van der Waals surface area contributed by atoms with Crippen LogP contribution in [0.2, 0.25) is 0 Å². The van der Waals surface area contributed by atoms with E-state index in [4.69, 9.17) is 4.74 Å². The molecule has 0 bridgehead atoms. The van der Waals surface area contributed by atoms with Crippen molar-refractivity contribution in [2.45, 2.75) is 20.4 Å². The Labute approximate surface area is 106 Å². The predicted molar refractivity (Wildman–Crippen MR) is 68.5 cm³/mol. The zero-order valence-electron chi connectivity index (χ0n) is 10.5. The van der Waals surface area contributed by atoms with Crippen LogP contribution in [0.3, 0.4) is 0 Å². The highest BCUT2D eigenvalue weighted by Crippen LogP contribution is 2.12. The number of nitrogens with zero attached hydrogens (tertiary/aromatic N) is 2. The Kier molecular flexibility index (Phi) is 3.77. The number of esters is 1. The lowest BCUT2D eigenvalue weighted by Gasteiger charge is -2.03. The van der Waals surface area contributed by atoms with Gasteiger partial charge in [-0.25, -0.2) is 4.79 Å². The molecule has 0 aliphatic heterocycles. The summed E-state index contributed by atoms with van der Waals surface area (Å²) in [6.07, 6.45) is 3.30. The molecule has 4 nitrogen and oxygen atoms in total. The van der Waals surface area contributed by atoms with Crippen LogP contribution in [0, 0.1) is 5.92 Å². The van der Waals surface area contributed by atoms with E-state index < -0.39 is 0 Å². The van der Waals surface area contributed by atoms with E-state index in [1.165, 1.54) is 0 Å². The Morgan fingerprint density at radius 1 is 1.33 bits per heavy atom. The lowest BCUT2D eigenvalue weighted by atomic mass is 10.2. The number of carbonyl (C=O) groups is 1. The van der Waals surface area contributed by atoms with Crippen LogP contribution in [0.5, 0.6) is 5.75 Å². The lowest BCUT2D eigenvalue weighted by molar-refractivity contribution is 0.0734. The quantitative estimate of drug-likeness (QED) is 0.777. The maximum atomic E-state index is 11.8. The first-order chi connectivity index (χ1) is 8.65. The van der Waals surface area contributed by atoms with Crippen LogP contribution in [-0.2, 0) is 6.54 Å². The molecule has 2 rings (SSSR count). The molecular formula is C14H16N2O2. The minimum absolute atomic E-state index is 0.361. The Balaban J connectivity index is 2.01. The maximum absolute atomic E-state index is 11.8. The summed E-state index contributed by atoms with van der Waals surface area (Å²) in [6, 6.07) is 8.91. The first-order valence-electron chi connectivity index (χ1n) is 5.95. The van der Waals surface area contributed by atoms with Crippen molar-refractivity contribution in [3.8, 4) is 5.75 Å². The van der Waals surface area contributed by atoms with Gasteiger partial charge in [0.25, 0.3) is 0 Å². The van der Waals surface area contributed by atoms with Gasteiger partial charge < -0.3 is 4.74 Å². The topological polar surface area (TPSA) is 44.1 Å². The van der Waals surface area contributed by atoms with Gasteiger partial charge >= 0.3 is 5.97 Å². The van der Waals surface area contributed by atoms with Gasteiger partial charge in [0, 0.05) is 6.54 Å². The third-order valence-corrected chi connectivity index (χ3v) is 2.38. The van der Waals surface area contributed by atoms with Crippen molar-refractivity contribution in [2.75, 3.05) is 0 Å². The highest BCUT2D eigenvalue weighted by molar-refractivity contribution is 5.90. The summed E-state index contributed by atoms with van der Waals surface area (Å²) in [7, 11) is 0. The van der Waals surface area contributed by atoms with Gasteiger partial charge in [-0.2, -0.15) is 5.10 Å².